The topological polar surface area (TPSA) is 84.9 Å². The number of nitrogens with one attached hydrogen (secondary N) is 1. The molecule has 0 saturated carbocycles. The molecule has 0 aliphatic heterocycles. The van der Waals surface area contributed by atoms with Gasteiger partial charge < -0.3 is 16.0 Å². The van der Waals surface area contributed by atoms with E-state index in [9.17, 15) is 0 Å². The zero-order valence-corrected chi connectivity index (χ0v) is 20.1. The molecular weight excluding hydrogens is 410 g/mol. The summed E-state index contributed by atoms with van der Waals surface area (Å²) in [6.45, 7) is 11.9. The molecule has 3 N–H and O–H groups in total. The zero-order valence-electron chi connectivity index (χ0n) is 20.1. The first kappa shape index (κ1) is 24.0. The van der Waals surface area contributed by atoms with Crippen molar-refractivity contribution in [3.8, 4) is 11.1 Å². The van der Waals surface area contributed by atoms with Crippen LogP contribution in [0.25, 0.3) is 11.1 Å². The third kappa shape index (κ3) is 6.68. The molecule has 1 atom stereocenters. The lowest BCUT2D eigenvalue weighted by molar-refractivity contribution is 0.417. The predicted molar refractivity (Wildman–Crippen MR) is 137 cm³/mol. The van der Waals surface area contributed by atoms with E-state index in [0.29, 0.717) is 11.8 Å². The molecule has 0 amide bonds. The van der Waals surface area contributed by atoms with Gasteiger partial charge in [0.1, 0.15) is 5.82 Å². The minimum Gasteiger partial charge on any atom is -0.401 e. The van der Waals surface area contributed by atoms with Gasteiger partial charge in [0.05, 0.1) is 6.20 Å². The predicted octanol–water partition coefficient (Wildman–Crippen LogP) is 4.85. The average Bonchev–Trinajstić information content (AvgIpc) is 3.30. The van der Waals surface area contributed by atoms with Gasteiger partial charge in [-0.1, -0.05) is 31.2 Å². The second-order valence-corrected chi connectivity index (χ2v) is 8.77. The number of anilines is 2. The van der Waals surface area contributed by atoms with E-state index in [1.807, 2.05) is 35.4 Å². The Balaban J connectivity index is 1.68. The monoisotopic (exact) mass is 445 g/mol. The maximum Gasteiger partial charge on any atom is 0.129 e. The standard InChI is InChI=1S/C26H35N7/c1-6-7-21(18-33-13-12-30-31-33)17-32(5)25-10-8-22(14-20(25)4)23-9-11-26(28-15-23)29-16-24(27)19(2)3/h6,8-16,19,21H,1,7,17-18,27H2,2-5H3,(H,28,29)/b24-16-. The molecule has 2 aromatic heterocycles. The first-order chi connectivity index (χ1) is 15.9. The van der Waals surface area contributed by atoms with Crippen LogP contribution in [0.2, 0.25) is 0 Å². The SMILES string of the molecule is C=CCC(CN(C)c1ccc(-c2ccc(N/C=C(\N)C(C)C)nc2)cc1C)Cn1ccnn1. The summed E-state index contributed by atoms with van der Waals surface area (Å²) in [4.78, 5) is 6.83. The van der Waals surface area contributed by atoms with Gasteiger partial charge in [0.25, 0.3) is 0 Å². The van der Waals surface area contributed by atoms with Crippen molar-refractivity contribution in [2.45, 2.75) is 33.7 Å². The van der Waals surface area contributed by atoms with Crippen molar-refractivity contribution in [3.05, 3.63) is 79.0 Å². The van der Waals surface area contributed by atoms with Crippen molar-refractivity contribution in [2.24, 2.45) is 17.6 Å². The number of aryl methyl sites for hydroxylation is 1. The highest BCUT2D eigenvalue weighted by Gasteiger charge is 2.14. The number of allylic oxidation sites excluding steroid dienone is 2. The first-order valence-corrected chi connectivity index (χ1v) is 11.3. The maximum absolute atomic E-state index is 5.98. The van der Waals surface area contributed by atoms with Crippen molar-refractivity contribution >= 4 is 11.5 Å². The summed E-state index contributed by atoms with van der Waals surface area (Å²) < 4.78 is 1.89. The van der Waals surface area contributed by atoms with E-state index in [0.717, 1.165) is 42.2 Å². The molecule has 3 aromatic rings. The summed E-state index contributed by atoms with van der Waals surface area (Å²) in [7, 11) is 2.14. The summed E-state index contributed by atoms with van der Waals surface area (Å²) in [5.74, 6) is 1.47. The van der Waals surface area contributed by atoms with Gasteiger partial charge in [-0.15, -0.1) is 11.7 Å². The minimum atomic E-state index is 0.297. The van der Waals surface area contributed by atoms with Crippen molar-refractivity contribution in [2.75, 3.05) is 23.8 Å². The van der Waals surface area contributed by atoms with Crippen LogP contribution >= 0.6 is 0 Å². The second-order valence-electron chi connectivity index (χ2n) is 8.77. The number of nitrogens with zero attached hydrogens (tertiary/aromatic N) is 5. The fraction of sp³-hybridized carbons (Fsp3) is 0.346. The molecule has 3 rings (SSSR count). The lowest BCUT2D eigenvalue weighted by Crippen LogP contribution is -2.28. The highest BCUT2D eigenvalue weighted by molar-refractivity contribution is 5.69. The van der Waals surface area contributed by atoms with Gasteiger partial charge in [-0.05, 0) is 60.6 Å². The van der Waals surface area contributed by atoms with Crippen LogP contribution in [0.4, 0.5) is 11.5 Å². The molecule has 0 saturated heterocycles. The molecule has 0 spiro atoms. The van der Waals surface area contributed by atoms with Crippen LogP contribution in [0.15, 0.2) is 73.5 Å². The Kier molecular flexibility index (Phi) is 8.24. The number of benzene rings is 1. The van der Waals surface area contributed by atoms with Gasteiger partial charge in [0.15, 0.2) is 0 Å². The molecule has 7 nitrogen and oxygen atoms in total. The summed E-state index contributed by atoms with van der Waals surface area (Å²) in [6.07, 6.45) is 10.2. The van der Waals surface area contributed by atoms with Crippen molar-refractivity contribution < 1.29 is 0 Å². The Morgan fingerprint density at radius 3 is 2.64 bits per heavy atom. The Morgan fingerprint density at radius 1 is 1.24 bits per heavy atom. The number of aromatic nitrogens is 4. The smallest absolute Gasteiger partial charge is 0.129 e. The largest absolute Gasteiger partial charge is 0.401 e. The fourth-order valence-corrected chi connectivity index (χ4v) is 3.76. The first-order valence-electron chi connectivity index (χ1n) is 11.3. The number of nitrogens with two attached hydrogens (primary N) is 1. The Labute approximate surface area is 197 Å². The molecule has 7 heteroatoms. The molecule has 2 heterocycles. The zero-order chi connectivity index (χ0) is 23.8. The lowest BCUT2D eigenvalue weighted by Gasteiger charge is -2.27. The fourth-order valence-electron chi connectivity index (χ4n) is 3.76. The van der Waals surface area contributed by atoms with E-state index in [1.54, 1.807) is 6.20 Å². The Hall–Kier alpha value is -3.61. The van der Waals surface area contributed by atoms with Gasteiger partial charge in [-0.25, -0.2) is 4.98 Å². The van der Waals surface area contributed by atoms with Crippen LogP contribution in [0.5, 0.6) is 0 Å². The number of hydrogen-bond acceptors (Lipinski definition) is 6. The number of hydrogen-bond donors (Lipinski definition) is 2. The van der Waals surface area contributed by atoms with E-state index in [-0.39, 0.29) is 0 Å². The van der Waals surface area contributed by atoms with E-state index in [4.69, 9.17) is 5.73 Å². The van der Waals surface area contributed by atoms with E-state index in [2.05, 4.69) is 84.2 Å². The van der Waals surface area contributed by atoms with Crippen LogP contribution in [0.3, 0.4) is 0 Å². The summed E-state index contributed by atoms with van der Waals surface area (Å²) in [5.41, 5.74) is 11.4. The van der Waals surface area contributed by atoms with Crippen molar-refractivity contribution in [1.82, 2.24) is 20.0 Å². The maximum atomic E-state index is 5.98. The average molecular weight is 446 g/mol. The minimum absolute atomic E-state index is 0.297. The van der Waals surface area contributed by atoms with Crippen LogP contribution in [-0.2, 0) is 6.54 Å². The van der Waals surface area contributed by atoms with E-state index >= 15 is 0 Å². The molecule has 0 fully saturated rings. The summed E-state index contributed by atoms with van der Waals surface area (Å²) in [5, 5.41) is 11.2. The normalized spacial score (nSPS) is 12.6. The summed E-state index contributed by atoms with van der Waals surface area (Å²) in [6, 6.07) is 10.6. The molecule has 0 aliphatic carbocycles. The molecule has 0 bridgehead atoms. The second kappa shape index (κ2) is 11.3. The van der Waals surface area contributed by atoms with Gasteiger partial charge in [-0.2, -0.15) is 0 Å². The highest BCUT2D eigenvalue weighted by Crippen LogP contribution is 2.28. The quantitative estimate of drug-likeness (QED) is 0.411. The lowest BCUT2D eigenvalue weighted by atomic mass is 10.0. The van der Waals surface area contributed by atoms with Crippen LogP contribution in [0, 0.1) is 18.8 Å². The van der Waals surface area contributed by atoms with Crippen LogP contribution in [-0.4, -0.2) is 33.6 Å². The van der Waals surface area contributed by atoms with Crippen molar-refractivity contribution in [3.63, 3.8) is 0 Å². The molecule has 174 valence electrons. The van der Waals surface area contributed by atoms with Crippen molar-refractivity contribution in [1.29, 1.82) is 0 Å². The molecular formula is C26H35N7. The van der Waals surface area contributed by atoms with E-state index in [1.165, 1.54) is 11.3 Å². The molecule has 1 aromatic carbocycles. The molecule has 1 unspecified atom stereocenters. The van der Waals surface area contributed by atoms with E-state index < -0.39 is 0 Å². The van der Waals surface area contributed by atoms with Gasteiger partial charge >= 0.3 is 0 Å². The third-order valence-electron chi connectivity index (χ3n) is 5.71. The molecule has 0 radical (unpaired) electrons. The van der Waals surface area contributed by atoms with Gasteiger partial charge in [0.2, 0.25) is 0 Å². The highest BCUT2D eigenvalue weighted by atomic mass is 15.4. The number of pyridine rings is 1. The van der Waals surface area contributed by atoms with Gasteiger partial charge in [-0.3, -0.25) is 4.68 Å². The van der Waals surface area contributed by atoms with Crippen LogP contribution in [0.1, 0.15) is 25.8 Å². The van der Waals surface area contributed by atoms with Crippen LogP contribution < -0.4 is 16.0 Å². The third-order valence-corrected chi connectivity index (χ3v) is 5.71. The number of rotatable bonds is 11. The Bertz CT molecular complexity index is 1050. The summed E-state index contributed by atoms with van der Waals surface area (Å²) >= 11 is 0. The Morgan fingerprint density at radius 2 is 2.03 bits per heavy atom. The van der Waals surface area contributed by atoms with Gasteiger partial charge in [0, 0.05) is 55.7 Å². The molecule has 0 aliphatic rings. The molecule has 33 heavy (non-hydrogen) atoms.